The summed E-state index contributed by atoms with van der Waals surface area (Å²) in [5, 5.41) is 0. The highest BCUT2D eigenvalue weighted by molar-refractivity contribution is 5.75. The highest BCUT2D eigenvalue weighted by Crippen LogP contribution is 1.92. The molecule has 0 fully saturated rings. The van der Waals surface area contributed by atoms with Gasteiger partial charge in [-0.05, 0) is 6.92 Å². The minimum absolute atomic E-state index is 0.185. The summed E-state index contributed by atoms with van der Waals surface area (Å²) in [4.78, 5) is 10.7. The van der Waals surface area contributed by atoms with Gasteiger partial charge in [0, 0.05) is 6.92 Å². The van der Waals surface area contributed by atoms with E-state index in [0.717, 1.165) is 5.82 Å². The summed E-state index contributed by atoms with van der Waals surface area (Å²) in [7, 11) is 1.96. The third-order valence-electron chi connectivity index (χ3n) is 1.79. The van der Waals surface area contributed by atoms with Crippen LogP contribution in [0.25, 0.3) is 0 Å². The monoisotopic (exact) mass is 153 g/mol. The molecule has 0 atom stereocenters. The van der Waals surface area contributed by atoms with Crippen LogP contribution in [-0.4, -0.2) is 10.4 Å². The maximum atomic E-state index is 10.7. The van der Waals surface area contributed by atoms with E-state index in [9.17, 15) is 4.79 Å². The number of hydrogen-bond acceptors (Lipinski definition) is 1. The van der Waals surface area contributed by atoms with Gasteiger partial charge in [-0.25, -0.2) is 9.13 Å². The zero-order valence-corrected chi connectivity index (χ0v) is 7.16. The van der Waals surface area contributed by atoms with E-state index in [0.29, 0.717) is 6.54 Å². The first kappa shape index (κ1) is 7.98. The van der Waals surface area contributed by atoms with Crippen molar-refractivity contribution in [1.82, 2.24) is 4.57 Å². The number of Topliss-reactive ketones (excluding diaryl/α,β-unsaturated/α-hetero) is 1. The van der Waals surface area contributed by atoms with E-state index in [1.54, 1.807) is 6.92 Å². The number of aromatic nitrogens is 2. The van der Waals surface area contributed by atoms with Gasteiger partial charge in [-0.3, -0.25) is 4.79 Å². The van der Waals surface area contributed by atoms with Gasteiger partial charge in [-0.1, -0.05) is 0 Å². The predicted octanol–water partition coefficient (Wildman–Crippen LogP) is 0.210. The Bertz CT molecular complexity index is 276. The van der Waals surface area contributed by atoms with Crippen LogP contribution in [0.2, 0.25) is 0 Å². The minimum Gasteiger partial charge on any atom is -0.296 e. The Morgan fingerprint density at radius 3 is 2.73 bits per heavy atom. The highest BCUT2D eigenvalue weighted by atomic mass is 16.1. The van der Waals surface area contributed by atoms with Gasteiger partial charge in [0.2, 0.25) is 0 Å². The Balaban J connectivity index is 2.87. The molecule has 0 radical (unpaired) electrons. The van der Waals surface area contributed by atoms with Crippen LogP contribution in [-0.2, 0) is 18.4 Å². The van der Waals surface area contributed by atoms with Crippen molar-refractivity contribution in [3.8, 4) is 0 Å². The SMILES string of the molecule is CC(=O)Cn1cc[n+](C)c1C. The molecule has 11 heavy (non-hydrogen) atoms. The van der Waals surface area contributed by atoms with Gasteiger partial charge in [0.25, 0.3) is 5.82 Å². The quantitative estimate of drug-likeness (QED) is 0.558. The molecule has 0 N–H and O–H groups in total. The molecular weight excluding hydrogens is 140 g/mol. The van der Waals surface area contributed by atoms with Crippen molar-refractivity contribution in [3.63, 3.8) is 0 Å². The van der Waals surface area contributed by atoms with E-state index in [2.05, 4.69) is 0 Å². The molecule has 0 spiro atoms. The number of carbonyl (C=O) groups is 1. The van der Waals surface area contributed by atoms with Crippen LogP contribution in [0, 0.1) is 6.92 Å². The predicted molar refractivity (Wildman–Crippen MR) is 41.0 cm³/mol. The molecule has 3 heteroatoms. The van der Waals surface area contributed by atoms with Gasteiger partial charge in [0.05, 0.1) is 7.05 Å². The second-order valence-electron chi connectivity index (χ2n) is 2.79. The topological polar surface area (TPSA) is 25.9 Å². The molecule has 0 aliphatic carbocycles. The maximum absolute atomic E-state index is 10.7. The molecule has 0 unspecified atom stereocenters. The molecule has 0 amide bonds. The fourth-order valence-electron chi connectivity index (χ4n) is 1.01. The molecule has 3 nitrogen and oxygen atoms in total. The van der Waals surface area contributed by atoms with Gasteiger partial charge in [0.1, 0.15) is 18.9 Å². The largest absolute Gasteiger partial charge is 0.296 e. The fourth-order valence-corrected chi connectivity index (χ4v) is 1.01. The first-order chi connectivity index (χ1) is 5.11. The molecule has 0 saturated carbocycles. The van der Waals surface area contributed by atoms with Crippen LogP contribution in [0.1, 0.15) is 12.7 Å². The number of imidazole rings is 1. The van der Waals surface area contributed by atoms with Crippen molar-refractivity contribution in [2.45, 2.75) is 20.4 Å². The Hall–Kier alpha value is -1.12. The van der Waals surface area contributed by atoms with Crippen LogP contribution < -0.4 is 4.57 Å². The molecule has 60 valence electrons. The molecule has 0 aliphatic rings. The smallest absolute Gasteiger partial charge is 0.253 e. The standard InChI is InChI=1S/C8H13N2O/c1-7(11)6-10-5-4-9(3)8(10)2/h4-5H,6H2,1-3H3/q+1. The summed E-state index contributed by atoms with van der Waals surface area (Å²) in [6.07, 6.45) is 3.86. The number of hydrogen-bond donors (Lipinski definition) is 0. The average Bonchev–Trinajstić information content (AvgIpc) is 2.18. The number of rotatable bonds is 2. The van der Waals surface area contributed by atoms with Gasteiger partial charge in [-0.15, -0.1) is 0 Å². The lowest BCUT2D eigenvalue weighted by atomic mass is 10.4. The number of carbonyl (C=O) groups excluding carboxylic acids is 1. The van der Waals surface area contributed by atoms with E-state index in [-0.39, 0.29) is 5.78 Å². The van der Waals surface area contributed by atoms with E-state index in [1.807, 2.05) is 35.5 Å². The van der Waals surface area contributed by atoms with E-state index in [1.165, 1.54) is 0 Å². The van der Waals surface area contributed by atoms with Crippen molar-refractivity contribution in [2.24, 2.45) is 7.05 Å². The van der Waals surface area contributed by atoms with Crippen molar-refractivity contribution >= 4 is 5.78 Å². The van der Waals surface area contributed by atoms with Gasteiger partial charge in [-0.2, -0.15) is 0 Å². The number of aryl methyl sites for hydroxylation is 1. The first-order valence-electron chi connectivity index (χ1n) is 3.62. The molecule has 0 aromatic carbocycles. The normalized spacial score (nSPS) is 10.1. The Labute approximate surface area is 66.3 Å². The summed E-state index contributed by atoms with van der Waals surface area (Å²) >= 11 is 0. The van der Waals surface area contributed by atoms with Crippen molar-refractivity contribution in [3.05, 3.63) is 18.2 Å². The summed E-state index contributed by atoms with van der Waals surface area (Å²) in [6.45, 7) is 4.06. The van der Waals surface area contributed by atoms with Crippen LogP contribution >= 0.6 is 0 Å². The zero-order chi connectivity index (χ0) is 8.43. The van der Waals surface area contributed by atoms with Crippen molar-refractivity contribution < 1.29 is 9.36 Å². The van der Waals surface area contributed by atoms with Gasteiger partial charge in [0.15, 0.2) is 5.78 Å². The third-order valence-corrected chi connectivity index (χ3v) is 1.79. The number of nitrogens with zero attached hydrogens (tertiary/aromatic N) is 2. The van der Waals surface area contributed by atoms with Crippen LogP contribution in [0.3, 0.4) is 0 Å². The summed E-state index contributed by atoms with van der Waals surface area (Å²) in [5.41, 5.74) is 0. The Kier molecular flexibility index (Phi) is 2.08. The molecule has 1 aromatic heterocycles. The molecule has 1 heterocycles. The lowest BCUT2D eigenvalue weighted by Gasteiger charge is -1.93. The van der Waals surface area contributed by atoms with Crippen molar-refractivity contribution in [2.75, 3.05) is 0 Å². The molecule has 0 saturated heterocycles. The molecule has 1 aromatic rings. The second kappa shape index (κ2) is 2.86. The summed E-state index contributed by atoms with van der Waals surface area (Å²) in [5.74, 6) is 1.28. The van der Waals surface area contributed by atoms with Crippen LogP contribution in [0.15, 0.2) is 12.4 Å². The molecular formula is C8H13N2O+. The lowest BCUT2D eigenvalue weighted by Crippen LogP contribution is -2.30. The average molecular weight is 153 g/mol. The first-order valence-corrected chi connectivity index (χ1v) is 3.62. The summed E-state index contributed by atoms with van der Waals surface area (Å²) < 4.78 is 3.92. The molecule has 0 aliphatic heterocycles. The maximum Gasteiger partial charge on any atom is 0.253 e. The minimum atomic E-state index is 0.185. The number of ketones is 1. The lowest BCUT2D eigenvalue weighted by molar-refractivity contribution is -0.677. The van der Waals surface area contributed by atoms with Crippen LogP contribution in [0.5, 0.6) is 0 Å². The molecule has 1 rings (SSSR count). The Morgan fingerprint density at radius 1 is 1.73 bits per heavy atom. The fraction of sp³-hybridized carbons (Fsp3) is 0.500. The van der Waals surface area contributed by atoms with E-state index >= 15 is 0 Å². The van der Waals surface area contributed by atoms with E-state index in [4.69, 9.17) is 0 Å². The van der Waals surface area contributed by atoms with Gasteiger partial charge >= 0.3 is 0 Å². The summed E-state index contributed by atoms with van der Waals surface area (Å²) in [6, 6.07) is 0. The third kappa shape index (κ3) is 1.67. The Morgan fingerprint density at radius 2 is 2.36 bits per heavy atom. The van der Waals surface area contributed by atoms with Gasteiger partial charge < -0.3 is 0 Å². The van der Waals surface area contributed by atoms with E-state index < -0.39 is 0 Å². The van der Waals surface area contributed by atoms with Crippen LogP contribution in [0.4, 0.5) is 0 Å². The zero-order valence-electron chi connectivity index (χ0n) is 7.16. The van der Waals surface area contributed by atoms with Crippen molar-refractivity contribution in [1.29, 1.82) is 0 Å². The second-order valence-corrected chi connectivity index (χ2v) is 2.79. The molecule has 0 bridgehead atoms. The highest BCUT2D eigenvalue weighted by Gasteiger charge is 2.09.